The molecule has 136 valence electrons. The Hall–Kier alpha value is -2.38. The maximum atomic E-state index is 6.12. The summed E-state index contributed by atoms with van der Waals surface area (Å²) in [5.41, 5.74) is 8.06. The Morgan fingerprint density at radius 2 is 2.19 bits per heavy atom. The van der Waals surface area contributed by atoms with E-state index in [4.69, 9.17) is 22.1 Å². The number of nitrogens with two attached hydrogens (primary N) is 1. The summed E-state index contributed by atoms with van der Waals surface area (Å²) < 4.78 is 7.55. The third-order valence-electron chi connectivity index (χ3n) is 4.52. The molecular formula is C18H21ClN6O. The third-order valence-corrected chi connectivity index (χ3v) is 4.76. The van der Waals surface area contributed by atoms with Crippen molar-refractivity contribution in [3.8, 4) is 5.69 Å². The lowest BCUT2D eigenvalue weighted by atomic mass is 9.94. The predicted octanol–water partition coefficient (Wildman–Crippen LogP) is 3.42. The van der Waals surface area contributed by atoms with Crippen molar-refractivity contribution >= 4 is 34.7 Å². The second-order valence-corrected chi connectivity index (χ2v) is 7.57. The molecule has 0 radical (unpaired) electrons. The van der Waals surface area contributed by atoms with Gasteiger partial charge in [-0.15, -0.1) is 0 Å². The van der Waals surface area contributed by atoms with Crippen LogP contribution >= 0.6 is 11.6 Å². The van der Waals surface area contributed by atoms with Gasteiger partial charge < -0.3 is 15.8 Å². The van der Waals surface area contributed by atoms with Crippen LogP contribution in [-0.2, 0) is 4.74 Å². The van der Waals surface area contributed by atoms with Crippen LogP contribution in [-0.4, -0.2) is 37.8 Å². The number of anilines is 2. The van der Waals surface area contributed by atoms with Gasteiger partial charge in [0.1, 0.15) is 5.52 Å². The third kappa shape index (κ3) is 3.32. The highest BCUT2D eigenvalue weighted by Crippen LogP contribution is 2.27. The SMILES string of the molecule is CC1(C)CC(Nc2ncc3nc(N)n(-c4cccc(Cl)c4)c3n2)CCO1. The van der Waals surface area contributed by atoms with Crippen molar-refractivity contribution in [3.63, 3.8) is 0 Å². The smallest absolute Gasteiger partial charge is 0.224 e. The van der Waals surface area contributed by atoms with E-state index in [2.05, 4.69) is 34.1 Å². The normalized spacial score (nSPS) is 19.6. The lowest BCUT2D eigenvalue weighted by molar-refractivity contribution is -0.0553. The molecule has 26 heavy (non-hydrogen) atoms. The van der Waals surface area contributed by atoms with Crippen LogP contribution in [0.3, 0.4) is 0 Å². The first-order chi connectivity index (χ1) is 12.4. The van der Waals surface area contributed by atoms with Crippen LogP contribution in [0.25, 0.3) is 16.9 Å². The monoisotopic (exact) mass is 372 g/mol. The summed E-state index contributed by atoms with van der Waals surface area (Å²) in [5.74, 6) is 0.907. The van der Waals surface area contributed by atoms with Gasteiger partial charge in [0.25, 0.3) is 0 Å². The Morgan fingerprint density at radius 3 is 2.96 bits per heavy atom. The quantitative estimate of drug-likeness (QED) is 0.732. The molecule has 0 spiro atoms. The Bertz CT molecular complexity index is 954. The maximum absolute atomic E-state index is 6.12. The number of rotatable bonds is 3. The summed E-state index contributed by atoms with van der Waals surface area (Å²) in [6.45, 7) is 4.92. The van der Waals surface area contributed by atoms with Gasteiger partial charge in [0.2, 0.25) is 11.9 Å². The number of aromatic nitrogens is 4. The van der Waals surface area contributed by atoms with E-state index in [0.717, 1.165) is 25.1 Å². The van der Waals surface area contributed by atoms with Gasteiger partial charge in [-0.2, -0.15) is 4.98 Å². The van der Waals surface area contributed by atoms with E-state index in [1.54, 1.807) is 10.8 Å². The number of fused-ring (bicyclic) bond motifs is 1. The molecule has 1 atom stereocenters. The molecule has 3 heterocycles. The van der Waals surface area contributed by atoms with Gasteiger partial charge in [-0.1, -0.05) is 17.7 Å². The average molecular weight is 373 g/mol. The highest BCUT2D eigenvalue weighted by molar-refractivity contribution is 6.30. The molecule has 0 saturated carbocycles. The Morgan fingerprint density at radius 1 is 1.35 bits per heavy atom. The lowest BCUT2D eigenvalue weighted by Crippen LogP contribution is -2.40. The molecule has 7 nitrogen and oxygen atoms in total. The van der Waals surface area contributed by atoms with Crippen molar-refractivity contribution in [1.82, 2.24) is 19.5 Å². The Labute approximate surface area is 156 Å². The Balaban J connectivity index is 1.69. The molecule has 3 N–H and O–H groups in total. The average Bonchev–Trinajstić information content (AvgIpc) is 2.89. The molecule has 1 fully saturated rings. The molecular weight excluding hydrogens is 352 g/mol. The maximum Gasteiger partial charge on any atom is 0.224 e. The van der Waals surface area contributed by atoms with Gasteiger partial charge in [-0.25, -0.2) is 9.97 Å². The zero-order valence-electron chi connectivity index (χ0n) is 14.7. The van der Waals surface area contributed by atoms with Crippen molar-refractivity contribution < 1.29 is 4.74 Å². The predicted molar refractivity (Wildman–Crippen MR) is 103 cm³/mol. The molecule has 8 heteroatoms. The minimum absolute atomic E-state index is 0.146. The topological polar surface area (TPSA) is 90.9 Å². The molecule has 0 bridgehead atoms. The van der Waals surface area contributed by atoms with Crippen molar-refractivity contribution in [2.45, 2.75) is 38.3 Å². The fraction of sp³-hybridized carbons (Fsp3) is 0.389. The van der Waals surface area contributed by atoms with E-state index < -0.39 is 0 Å². The number of nitrogen functional groups attached to an aromatic ring is 1. The second-order valence-electron chi connectivity index (χ2n) is 7.13. The number of benzene rings is 1. The number of halogens is 1. The molecule has 4 rings (SSSR count). The first kappa shape index (κ1) is 17.1. The van der Waals surface area contributed by atoms with E-state index in [9.17, 15) is 0 Å². The first-order valence-electron chi connectivity index (χ1n) is 8.59. The van der Waals surface area contributed by atoms with Crippen LogP contribution < -0.4 is 11.1 Å². The van der Waals surface area contributed by atoms with E-state index in [1.165, 1.54) is 0 Å². The van der Waals surface area contributed by atoms with Gasteiger partial charge >= 0.3 is 0 Å². The van der Waals surface area contributed by atoms with Gasteiger partial charge in [0, 0.05) is 17.7 Å². The minimum atomic E-state index is -0.146. The van der Waals surface area contributed by atoms with Crippen molar-refractivity contribution in [2.75, 3.05) is 17.7 Å². The largest absolute Gasteiger partial charge is 0.375 e. The van der Waals surface area contributed by atoms with Crippen molar-refractivity contribution in [1.29, 1.82) is 0 Å². The highest BCUT2D eigenvalue weighted by Gasteiger charge is 2.29. The minimum Gasteiger partial charge on any atom is -0.375 e. The molecule has 1 aliphatic rings. The molecule has 2 aromatic heterocycles. The molecule has 1 aliphatic heterocycles. The van der Waals surface area contributed by atoms with Crippen LogP contribution in [0.4, 0.5) is 11.9 Å². The standard InChI is InChI=1S/C18H21ClN6O/c1-18(2)9-12(6-7-26-18)22-17-21-10-14-15(24-17)25(16(20)23-14)13-5-3-4-11(19)8-13/h3-5,8,10,12H,6-7,9H2,1-2H3,(H2,20,23)(H,21,22,24). The number of hydrogen-bond acceptors (Lipinski definition) is 6. The van der Waals surface area contributed by atoms with Gasteiger partial charge in [-0.05, 0) is 44.9 Å². The van der Waals surface area contributed by atoms with E-state index in [1.807, 2.05) is 24.3 Å². The van der Waals surface area contributed by atoms with Crippen molar-refractivity contribution in [2.24, 2.45) is 0 Å². The molecule has 0 aliphatic carbocycles. The number of ether oxygens (including phenoxy) is 1. The molecule has 0 amide bonds. The number of hydrogen-bond donors (Lipinski definition) is 2. The molecule has 1 saturated heterocycles. The summed E-state index contributed by atoms with van der Waals surface area (Å²) in [6, 6.07) is 7.69. The summed E-state index contributed by atoms with van der Waals surface area (Å²) in [7, 11) is 0. The summed E-state index contributed by atoms with van der Waals surface area (Å²) in [4.78, 5) is 13.4. The van der Waals surface area contributed by atoms with E-state index in [0.29, 0.717) is 28.1 Å². The summed E-state index contributed by atoms with van der Waals surface area (Å²) in [5, 5.41) is 4.04. The Kier molecular flexibility index (Phi) is 4.20. The summed E-state index contributed by atoms with van der Waals surface area (Å²) in [6.07, 6.45) is 3.50. The first-order valence-corrected chi connectivity index (χ1v) is 8.96. The van der Waals surface area contributed by atoms with Gasteiger partial charge in [-0.3, -0.25) is 4.57 Å². The second kappa shape index (κ2) is 6.41. The van der Waals surface area contributed by atoms with Crippen LogP contribution in [0.1, 0.15) is 26.7 Å². The number of nitrogens with zero attached hydrogens (tertiary/aromatic N) is 4. The molecule has 1 aromatic carbocycles. The van der Waals surface area contributed by atoms with Gasteiger partial charge in [0.05, 0.1) is 17.5 Å². The summed E-state index contributed by atoms with van der Waals surface area (Å²) >= 11 is 6.12. The van der Waals surface area contributed by atoms with Crippen LogP contribution in [0.5, 0.6) is 0 Å². The highest BCUT2D eigenvalue weighted by atomic mass is 35.5. The van der Waals surface area contributed by atoms with Crippen molar-refractivity contribution in [3.05, 3.63) is 35.5 Å². The number of imidazole rings is 1. The van der Waals surface area contributed by atoms with E-state index >= 15 is 0 Å². The van der Waals surface area contributed by atoms with Crippen LogP contribution in [0.15, 0.2) is 30.5 Å². The molecule has 1 unspecified atom stereocenters. The van der Waals surface area contributed by atoms with Crippen LogP contribution in [0.2, 0.25) is 5.02 Å². The fourth-order valence-electron chi connectivity index (χ4n) is 3.37. The zero-order valence-corrected chi connectivity index (χ0v) is 15.5. The lowest BCUT2D eigenvalue weighted by Gasteiger charge is -2.35. The fourth-order valence-corrected chi connectivity index (χ4v) is 3.55. The number of nitrogens with one attached hydrogen (secondary N) is 1. The van der Waals surface area contributed by atoms with Crippen LogP contribution in [0, 0.1) is 0 Å². The van der Waals surface area contributed by atoms with E-state index in [-0.39, 0.29) is 11.6 Å². The zero-order chi connectivity index (χ0) is 18.3. The molecule has 3 aromatic rings. The van der Waals surface area contributed by atoms with Gasteiger partial charge in [0.15, 0.2) is 5.65 Å².